The van der Waals surface area contributed by atoms with Crippen LogP contribution in [-0.4, -0.2) is 25.0 Å². The highest BCUT2D eigenvalue weighted by Crippen LogP contribution is 2.33. The van der Waals surface area contributed by atoms with E-state index in [-0.39, 0.29) is 23.7 Å². The molecule has 2 N–H and O–H groups in total. The van der Waals surface area contributed by atoms with Crippen molar-refractivity contribution in [2.45, 2.75) is 43.0 Å². The summed E-state index contributed by atoms with van der Waals surface area (Å²) in [5, 5.41) is 9.47. The van der Waals surface area contributed by atoms with Gasteiger partial charge in [-0.15, -0.1) is 0 Å². The number of carboxylic acids is 1. The van der Waals surface area contributed by atoms with Gasteiger partial charge in [-0.05, 0) is 43.0 Å². The summed E-state index contributed by atoms with van der Waals surface area (Å²) in [5.41, 5.74) is -1.48. The summed E-state index contributed by atoms with van der Waals surface area (Å²) in [7, 11) is -4.00. The Morgan fingerprint density at radius 3 is 2.52 bits per heavy atom. The number of aliphatic carboxylic acids is 1. The second kappa shape index (κ2) is 5.73. The largest absolute Gasteiger partial charge is 0.480 e. The van der Waals surface area contributed by atoms with E-state index in [1.165, 1.54) is 0 Å². The van der Waals surface area contributed by atoms with Crippen LogP contribution in [0.2, 0.25) is 0 Å². The van der Waals surface area contributed by atoms with Crippen LogP contribution in [0.25, 0.3) is 0 Å². The van der Waals surface area contributed by atoms with Crippen molar-refractivity contribution >= 4 is 16.0 Å². The molecule has 2 atom stereocenters. The van der Waals surface area contributed by atoms with Gasteiger partial charge >= 0.3 is 5.97 Å². The summed E-state index contributed by atoms with van der Waals surface area (Å²) >= 11 is 0. The molecule has 1 saturated carbocycles. The molecule has 2 unspecified atom stereocenters. The van der Waals surface area contributed by atoms with Crippen LogP contribution in [-0.2, 0) is 14.8 Å². The molecule has 1 aromatic rings. The van der Waals surface area contributed by atoms with Crippen LogP contribution in [0.4, 0.5) is 4.39 Å². The van der Waals surface area contributed by atoms with Gasteiger partial charge in [0.2, 0.25) is 10.0 Å². The fourth-order valence-corrected chi connectivity index (χ4v) is 4.21. The Bertz CT molecular complexity index is 629. The molecule has 116 valence electrons. The van der Waals surface area contributed by atoms with Crippen molar-refractivity contribution in [1.82, 2.24) is 4.72 Å². The van der Waals surface area contributed by atoms with Crippen molar-refractivity contribution in [2.75, 3.05) is 0 Å². The predicted octanol–water partition coefficient (Wildman–Crippen LogP) is 2.14. The minimum atomic E-state index is -4.00. The molecule has 2 rings (SSSR count). The van der Waals surface area contributed by atoms with E-state index < -0.39 is 27.3 Å². The van der Waals surface area contributed by atoms with Gasteiger partial charge in [-0.3, -0.25) is 4.79 Å². The molecule has 0 amide bonds. The Labute approximate surface area is 123 Å². The number of rotatable bonds is 4. The molecule has 0 saturated heterocycles. The van der Waals surface area contributed by atoms with Crippen LogP contribution in [0.5, 0.6) is 0 Å². The molecule has 1 aromatic carbocycles. The van der Waals surface area contributed by atoms with Crippen LogP contribution < -0.4 is 4.72 Å². The Balaban J connectivity index is 2.32. The molecule has 0 aliphatic heterocycles. The number of halogens is 1. The summed E-state index contributed by atoms with van der Waals surface area (Å²) in [5.74, 6) is -1.58. The first kappa shape index (κ1) is 15.9. The minimum absolute atomic E-state index is 0.130. The highest BCUT2D eigenvalue weighted by molar-refractivity contribution is 7.89. The predicted molar refractivity (Wildman–Crippen MR) is 74.7 cm³/mol. The van der Waals surface area contributed by atoms with Crippen molar-refractivity contribution < 1.29 is 22.7 Å². The number of benzene rings is 1. The van der Waals surface area contributed by atoms with E-state index in [2.05, 4.69) is 4.72 Å². The number of carboxylic acid groups (broad SMARTS) is 1. The van der Waals surface area contributed by atoms with Crippen LogP contribution in [0.1, 0.15) is 32.6 Å². The average Bonchev–Trinajstić information content (AvgIpc) is 2.38. The number of hydrogen-bond donors (Lipinski definition) is 2. The highest BCUT2D eigenvalue weighted by Gasteiger charge is 2.45. The Hall–Kier alpha value is -1.47. The van der Waals surface area contributed by atoms with Gasteiger partial charge in [-0.1, -0.05) is 19.8 Å². The minimum Gasteiger partial charge on any atom is -0.480 e. The molecule has 0 bridgehead atoms. The smallest absolute Gasteiger partial charge is 0.324 e. The molecule has 7 heteroatoms. The standard InChI is InChI=1S/C14H18FNO4S/c1-10-3-2-8-14(9-10,13(17)18)16-21(19,20)12-6-4-11(15)5-7-12/h4-7,10,16H,2-3,8-9H2,1H3,(H,17,18). The molecule has 0 radical (unpaired) electrons. The summed E-state index contributed by atoms with van der Waals surface area (Å²) < 4.78 is 39.9. The maximum absolute atomic E-state index is 12.9. The Kier molecular flexibility index (Phi) is 4.34. The van der Waals surface area contributed by atoms with Crippen LogP contribution in [0, 0.1) is 11.7 Å². The average molecular weight is 315 g/mol. The molecular weight excluding hydrogens is 297 g/mol. The van der Waals surface area contributed by atoms with Crippen LogP contribution in [0.3, 0.4) is 0 Å². The van der Waals surface area contributed by atoms with Gasteiger partial charge in [0.15, 0.2) is 0 Å². The second-order valence-electron chi connectivity index (χ2n) is 5.65. The van der Waals surface area contributed by atoms with Crippen LogP contribution >= 0.6 is 0 Å². The fraction of sp³-hybridized carbons (Fsp3) is 0.500. The molecule has 0 heterocycles. The first-order valence-electron chi connectivity index (χ1n) is 6.78. The molecule has 0 spiro atoms. The van der Waals surface area contributed by atoms with Gasteiger partial charge in [0, 0.05) is 0 Å². The fourth-order valence-electron chi connectivity index (χ4n) is 2.81. The van der Waals surface area contributed by atoms with E-state index in [4.69, 9.17) is 0 Å². The summed E-state index contributed by atoms with van der Waals surface area (Å²) in [6.07, 6.45) is 2.04. The summed E-state index contributed by atoms with van der Waals surface area (Å²) in [6, 6.07) is 4.32. The van der Waals surface area contributed by atoms with Crippen molar-refractivity contribution in [3.63, 3.8) is 0 Å². The third-order valence-corrected chi connectivity index (χ3v) is 5.41. The summed E-state index contributed by atoms with van der Waals surface area (Å²) in [6.45, 7) is 1.91. The van der Waals surface area contributed by atoms with Crippen molar-refractivity contribution in [2.24, 2.45) is 5.92 Å². The van der Waals surface area contributed by atoms with E-state index >= 15 is 0 Å². The Morgan fingerprint density at radius 2 is 2.00 bits per heavy atom. The molecule has 1 aliphatic carbocycles. The lowest BCUT2D eigenvalue weighted by Gasteiger charge is -2.36. The maximum atomic E-state index is 12.9. The number of sulfonamides is 1. The van der Waals surface area contributed by atoms with Gasteiger partial charge in [0.25, 0.3) is 0 Å². The zero-order chi connectivity index (χ0) is 15.7. The first-order chi connectivity index (χ1) is 9.75. The monoisotopic (exact) mass is 315 g/mol. The molecule has 1 fully saturated rings. The van der Waals surface area contributed by atoms with E-state index in [9.17, 15) is 22.7 Å². The van der Waals surface area contributed by atoms with Crippen LogP contribution in [0.15, 0.2) is 29.2 Å². The van der Waals surface area contributed by atoms with Gasteiger partial charge in [-0.25, -0.2) is 12.8 Å². The maximum Gasteiger partial charge on any atom is 0.324 e. The number of carbonyl (C=O) groups is 1. The van der Waals surface area contributed by atoms with Crippen molar-refractivity contribution in [3.05, 3.63) is 30.1 Å². The number of nitrogens with one attached hydrogen (secondary N) is 1. The number of hydrogen-bond acceptors (Lipinski definition) is 3. The lowest BCUT2D eigenvalue weighted by atomic mass is 9.77. The van der Waals surface area contributed by atoms with E-state index in [0.29, 0.717) is 6.42 Å². The lowest BCUT2D eigenvalue weighted by Crippen LogP contribution is -2.56. The Morgan fingerprint density at radius 1 is 1.38 bits per heavy atom. The molecule has 1 aliphatic rings. The molecular formula is C14H18FNO4S. The quantitative estimate of drug-likeness (QED) is 0.891. The normalized spacial score (nSPS) is 26.5. The van der Waals surface area contributed by atoms with E-state index in [1.54, 1.807) is 0 Å². The van der Waals surface area contributed by atoms with E-state index in [1.807, 2.05) is 6.92 Å². The van der Waals surface area contributed by atoms with Gasteiger partial charge in [-0.2, -0.15) is 4.72 Å². The molecule has 5 nitrogen and oxygen atoms in total. The third-order valence-electron chi connectivity index (χ3n) is 3.86. The summed E-state index contributed by atoms with van der Waals surface area (Å²) in [4.78, 5) is 11.5. The van der Waals surface area contributed by atoms with Gasteiger partial charge in [0.05, 0.1) is 4.90 Å². The zero-order valence-corrected chi connectivity index (χ0v) is 12.5. The molecule has 21 heavy (non-hydrogen) atoms. The van der Waals surface area contributed by atoms with Crippen molar-refractivity contribution in [1.29, 1.82) is 0 Å². The lowest BCUT2D eigenvalue weighted by molar-refractivity contribution is -0.146. The highest BCUT2D eigenvalue weighted by atomic mass is 32.2. The second-order valence-corrected chi connectivity index (χ2v) is 7.33. The third kappa shape index (κ3) is 3.41. The zero-order valence-electron chi connectivity index (χ0n) is 11.7. The SMILES string of the molecule is CC1CCCC(NS(=O)(=O)c2ccc(F)cc2)(C(=O)O)C1. The van der Waals surface area contributed by atoms with Gasteiger partial charge < -0.3 is 5.11 Å². The topological polar surface area (TPSA) is 83.5 Å². The first-order valence-corrected chi connectivity index (χ1v) is 8.26. The molecule has 0 aromatic heterocycles. The van der Waals surface area contributed by atoms with E-state index in [0.717, 1.165) is 30.7 Å². The van der Waals surface area contributed by atoms with Crippen molar-refractivity contribution in [3.8, 4) is 0 Å². The van der Waals surface area contributed by atoms with Gasteiger partial charge in [0.1, 0.15) is 11.4 Å².